The summed E-state index contributed by atoms with van der Waals surface area (Å²) >= 11 is 0. The Morgan fingerprint density at radius 2 is 1.81 bits per heavy atom. The van der Waals surface area contributed by atoms with Gasteiger partial charge < -0.3 is 15.4 Å². The summed E-state index contributed by atoms with van der Waals surface area (Å²) < 4.78 is 5.52. The van der Waals surface area contributed by atoms with Crippen LogP contribution in [0.5, 0.6) is 0 Å². The number of hydrogen-bond donors (Lipinski definition) is 2. The highest BCUT2D eigenvalue weighted by Crippen LogP contribution is 2.16. The summed E-state index contributed by atoms with van der Waals surface area (Å²) in [7, 11) is 0. The molecule has 136 valence electrons. The quantitative estimate of drug-likeness (QED) is 0.804. The molecule has 0 saturated carbocycles. The molecule has 0 spiro atoms. The standard InChI is InChI=1S/C21H24N2O3/c24-20(13-12-16-7-2-1-3-8-16)23-19-11-5-4-10-18(19)21(25)22-15-17-9-6-14-26-17/h1-5,7-8,10-11,17H,6,9,12-15H2,(H,22,25)(H,23,24)/t17-/m0/s1. The first-order valence-corrected chi connectivity index (χ1v) is 9.05. The number of rotatable bonds is 7. The van der Waals surface area contributed by atoms with E-state index in [-0.39, 0.29) is 17.9 Å². The molecule has 1 aliphatic rings. The summed E-state index contributed by atoms with van der Waals surface area (Å²) in [6.07, 6.45) is 3.13. The van der Waals surface area contributed by atoms with Crippen molar-refractivity contribution in [2.45, 2.75) is 31.8 Å². The maximum atomic E-state index is 12.5. The van der Waals surface area contributed by atoms with Gasteiger partial charge in [0.15, 0.2) is 0 Å². The van der Waals surface area contributed by atoms with E-state index in [0.29, 0.717) is 30.6 Å². The highest BCUT2D eigenvalue weighted by Gasteiger charge is 2.18. The number of benzene rings is 2. The molecule has 26 heavy (non-hydrogen) atoms. The molecule has 1 heterocycles. The number of ether oxygens (including phenoxy) is 1. The Kier molecular flexibility index (Phi) is 6.39. The van der Waals surface area contributed by atoms with Crippen LogP contribution in [-0.2, 0) is 16.0 Å². The lowest BCUT2D eigenvalue weighted by Crippen LogP contribution is -2.32. The molecule has 0 aliphatic carbocycles. The minimum atomic E-state index is -0.195. The largest absolute Gasteiger partial charge is 0.376 e. The fourth-order valence-corrected chi connectivity index (χ4v) is 3.01. The van der Waals surface area contributed by atoms with Crippen LogP contribution in [0, 0.1) is 0 Å². The van der Waals surface area contributed by atoms with Crippen LogP contribution in [0.15, 0.2) is 54.6 Å². The molecule has 5 nitrogen and oxygen atoms in total. The molecule has 0 bridgehead atoms. The van der Waals surface area contributed by atoms with Crippen molar-refractivity contribution < 1.29 is 14.3 Å². The molecule has 1 fully saturated rings. The van der Waals surface area contributed by atoms with Crippen molar-refractivity contribution in [1.82, 2.24) is 5.32 Å². The van der Waals surface area contributed by atoms with E-state index in [1.54, 1.807) is 18.2 Å². The van der Waals surface area contributed by atoms with E-state index in [0.717, 1.165) is 25.0 Å². The number of para-hydroxylation sites is 1. The molecule has 1 atom stereocenters. The number of nitrogens with one attached hydrogen (secondary N) is 2. The zero-order valence-corrected chi connectivity index (χ0v) is 14.7. The second-order valence-corrected chi connectivity index (χ2v) is 6.42. The fraction of sp³-hybridized carbons (Fsp3) is 0.333. The number of aryl methyl sites for hydroxylation is 1. The minimum Gasteiger partial charge on any atom is -0.376 e. The van der Waals surface area contributed by atoms with E-state index in [9.17, 15) is 9.59 Å². The molecule has 3 rings (SSSR count). The Morgan fingerprint density at radius 1 is 1.04 bits per heavy atom. The summed E-state index contributed by atoms with van der Waals surface area (Å²) in [5.41, 5.74) is 2.12. The van der Waals surface area contributed by atoms with Crippen LogP contribution in [0.2, 0.25) is 0 Å². The van der Waals surface area contributed by atoms with Gasteiger partial charge in [0, 0.05) is 19.6 Å². The van der Waals surface area contributed by atoms with Crippen LogP contribution in [0.1, 0.15) is 35.2 Å². The molecule has 0 unspecified atom stereocenters. The van der Waals surface area contributed by atoms with Gasteiger partial charge in [0.05, 0.1) is 17.4 Å². The van der Waals surface area contributed by atoms with Crippen molar-refractivity contribution >= 4 is 17.5 Å². The molecule has 2 amide bonds. The normalized spacial score (nSPS) is 16.2. The first-order valence-electron chi connectivity index (χ1n) is 9.05. The first-order chi connectivity index (χ1) is 12.7. The molecule has 2 N–H and O–H groups in total. The predicted octanol–water partition coefficient (Wildman–Crippen LogP) is 3.17. The van der Waals surface area contributed by atoms with Crippen LogP contribution in [0.25, 0.3) is 0 Å². The summed E-state index contributed by atoms with van der Waals surface area (Å²) in [5.74, 6) is -0.298. The Balaban J connectivity index is 1.55. The Hall–Kier alpha value is -2.66. The Morgan fingerprint density at radius 3 is 2.58 bits per heavy atom. The average Bonchev–Trinajstić information content (AvgIpc) is 3.19. The number of hydrogen-bond acceptors (Lipinski definition) is 3. The van der Waals surface area contributed by atoms with Crippen LogP contribution >= 0.6 is 0 Å². The number of anilines is 1. The Bertz CT molecular complexity index is 740. The molecule has 0 aromatic heterocycles. The predicted molar refractivity (Wildman–Crippen MR) is 101 cm³/mol. The van der Waals surface area contributed by atoms with Gasteiger partial charge in [-0.3, -0.25) is 9.59 Å². The molecule has 1 aliphatic heterocycles. The number of carbonyl (C=O) groups is 2. The third-order valence-corrected chi connectivity index (χ3v) is 4.44. The van der Waals surface area contributed by atoms with E-state index in [1.807, 2.05) is 36.4 Å². The van der Waals surface area contributed by atoms with Crippen molar-refractivity contribution in [3.8, 4) is 0 Å². The van der Waals surface area contributed by atoms with Gasteiger partial charge in [0.1, 0.15) is 0 Å². The van der Waals surface area contributed by atoms with Crippen LogP contribution in [0.4, 0.5) is 5.69 Å². The van der Waals surface area contributed by atoms with Gasteiger partial charge in [0.2, 0.25) is 5.91 Å². The highest BCUT2D eigenvalue weighted by molar-refractivity contribution is 6.03. The maximum absolute atomic E-state index is 12.5. The van der Waals surface area contributed by atoms with E-state index < -0.39 is 0 Å². The lowest BCUT2D eigenvalue weighted by Gasteiger charge is -2.14. The summed E-state index contributed by atoms with van der Waals surface area (Å²) in [5, 5.41) is 5.76. The van der Waals surface area contributed by atoms with Gasteiger partial charge in [-0.2, -0.15) is 0 Å². The lowest BCUT2D eigenvalue weighted by molar-refractivity contribution is -0.116. The van der Waals surface area contributed by atoms with Gasteiger partial charge in [-0.25, -0.2) is 0 Å². The fourth-order valence-electron chi connectivity index (χ4n) is 3.01. The summed E-state index contributed by atoms with van der Waals surface area (Å²) in [6, 6.07) is 16.9. The minimum absolute atomic E-state index is 0.0894. The van der Waals surface area contributed by atoms with Crippen LogP contribution in [-0.4, -0.2) is 31.1 Å². The molecule has 5 heteroatoms. The maximum Gasteiger partial charge on any atom is 0.253 e. The summed E-state index contributed by atoms with van der Waals surface area (Å²) in [4.78, 5) is 24.7. The topological polar surface area (TPSA) is 67.4 Å². The monoisotopic (exact) mass is 352 g/mol. The molecule has 2 aromatic rings. The SMILES string of the molecule is O=C(CCc1ccccc1)Nc1ccccc1C(=O)NC[C@@H]1CCCO1. The third-order valence-electron chi connectivity index (χ3n) is 4.44. The second kappa shape index (κ2) is 9.15. The molecule has 0 radical (unpaired) electrons. The van der Waals surface area contributed by atoms with Crippen molar-refractivity contribution in [1.29, 1.82) is 0 Å². The van der Waals surface area contributed by atoms with E-state index in [4.69, 9.17) is 4.74 Å². The smallest absolute Gasteiger partial charge is 0.253 e. The zero-order chi connectivity index (χ0) is 18.2. The third kappa shape index (κ3) is 5.17. The number of carbonyl (C=O) groups excluding carboxylic acids is 2. The highest BCUT2D eigenvalue weighted by atomic mass is 16.5. The lowest BCUT2D eigenvalue weighted by atomic mass is 10.1. The number of amides is 2. The first kappa shape index (κ1) is 18.1. The zero-order valence-electron chi connectivity index (χ0n) is 14.7. The van der Waals surface area contributed by atoms with E-state index in [1.165, 1.54) is 0 Å². The molecule has 1 saturated heterocycles. The van der Waals surface area contributed by atoms with E-state index >= 15 is 0 Å². The summed E-state index contributed by atoms with van der Waals surface area (Å²) in [6.45, 7) is 1.25. The van der Waals surface area contributed by atoms with Crippen LogP contribution in [0.3, 0.4) is 0 Å². The average molecular weight is 352 g/mol. The van der Waals surface area contributed by atoms with Gasteiger partial charge in [-0.05, 0) is 37.0 Å². The van der Waals surface area contributed by atoms with Crippen LogP contribution < -0.4 is 10.6 Å². The van der Waals surface area contributed by atoms with Crippen molar-refractivity contribution in [2.75, 3.05) is 18.5 Å². The van der Waals surface area contributed by atoms with Gasteiger partial charge >= 0.3 is 0 Å². The molecule has 2 aromatic carbocycles. The second-order valence-electron chi connectivity index (χ2n) is 6.42. The van der Waals surface area contributed by atoms with Crippen molar-refractivity contribution in [3.63, 3.8) is 0 Å². The van der Waals surface area contributed by atoms with Gasteiger partial charge in [0.25, 0.3) is 5.91 Å². The molecular weight excluding hydrogens is 328 g/mol. The Labute approximate surface area is 153 Å². The van der Waals surface area contributed by atoms with Crippen molar-refractivity contribution in [3.05, 3.63) is 65.7 Å². The van der Waals surface area contributed by atoms with Gasteiger partial charge in [-0.15, -0.1) is 0 Å². The van der Waals surface area contributed by atoms with E-state index in [2.05, 4.69) is 10.6 Å². The molecular formula is C21H24N2O3. The van der Waals surface area contributed by atoms with Gasteiger partial charge in [-0.1, -0.05) is 42.5 Å². The van der Waals surface area contributed by atoms with Crippen molar-refractivity contribution in [2.24, 2.45) is 0 Å².